The molecule has 4 rings (SSSR count). The summed E-state index contributed by atoms with van der Waals surface area (Å²) in [6, 6.07) is 5.10. The number of hydrogen-bond acceptors (Lipinski definition) is 4. The molecule has 1 aliphatic carbocycles. The fourth-order valence-corrected chi connectivity index (χ4v) is 5.30. The van der Waals surface area contributed by atoms with E-state index in [4.69, 9.17) is 0 Å². The molecular formula is C21H31N3O3S. The third-order valence-corrected chi connectivity index (χ3v) is 7.57. The van der Waals surface area contributed by atoms with Gasteiger partial charge in [-0.25, -0.2) is 8.42 Å². The molecule has 1 fully saturated rings. The quantitative estimate of drug-likeness (QED) is 0.710. The minimum atomic E-state index is -3.44. The van der Waals surface area contributed by atoms with Crippen LogP contribution in [0.5, 0.6) is 0 Å². The van der Waals surface area contributed by atoms with Gasteiger partial charge in [0, 0.05) is 45.3 Å². The summed E-state index contributed by atoms with van der Waals surface area (Å²) in [5, 5.41) is 0. The van der Waals surface area contributed by atoms with Crippen molar-refractivity contribution in [1.82, 2.24) is 9.21 Å². The molecule has 7 heteroatoms. The maximum Gasteiger partial charge on any atom is 0.243 e. The van der Waals surface area contributed by atoms with E-state index in [2.05, 4.69) is 24.0 Å². The molecule has 2 aliphatic heterocycles. The van der Waals surface area contributed by atoms with E-state index in [1.54, 1.807) is 27.4 Å². The molecule has 6 nitrogen and oxygen atoms in total. The summed E-state index contributed by atoms with van der Waals surface area (Å²) in [6.07, 6.45) is 7.92. The maximum atomic E-state index is 12.7. The third-order valence-electron chi connectivity index (χ3n) is 5.68. The van der Waals surface area contributed by atoms with Gasteiger partial charge in [0.2, 0.25) is 15.9 Å². The van der Waals surface area contributed by atoms with Gasteiger partial charge in [0.25, 0.3) is 0 Å². The Morgan fingerprint density at radius 1 is 1.11 bits per heavy atom. The molecule has 1 atom stereocenters. The first-order valence-corrected chi connectivity index (χ1v) is 11.5. The van der Waals surface area contributed by atoms with E-state index < -0.39 is 10.0 Å². The Morgan fingerprint density at radius 3 is 2.36 bits per heavy atom. The van der Waals surface area contributed by atoms with Crippen LogP contribution in [0.15, 0.2) is 35.2 Å². The van der Waals surface area contributed by atoms with Crippen LogP contribution in [0.2, 0.25) is 0 Å². The van der Waals surface area contributed by atoms with Gasteiger partial charge >= 0.3 is 0 Å². The van der Waals surface area contributed by atoms with E-state index in [1.807, 2.05) is 7.05 Å². The Labute approximate surface area is 168 Å². The monoisotopic (exact) mass is 405 g/mol. The number of carbonyl (C=O) groups is 1. The highest BCUT2D eigenvalue weighted by atomic mass is 32.2. The van der Waals surface area contributed by atoms with Gasteiger partial charge in [-0.05, 0) is 56.0 Å². The second-order valence-corrected chi connectivity index (χ2v) is 9.84. The van der Waals surface area contributed by atoms with Gasteiger partial charge in [-0.15, -0.1) is 0 Å². The second kappa shape index (κ2) is 8.76. The van der Waals surface area contributed by atoms with Gasteiger partial charge in [0.15, 0.2) is 0 Å². The van der Waals surface area contributed by atoms with Crippen molar-refractivity contribution in [3.63, 3.8) is 0 Å². The van der Waals surface area contributed by atoms with Crippen molar-refractivity contribution in [2.75, 3.05) is 44.7 Å². The Hall–Kier alpha value is -1.70. The molecule has 0 radical (unpaired) electrons. The van der Waals surface area contributed by atoms with E-state index in [1.165, 1.54) is 19.8 Å². The molecule has 0 unspecified atom stereocenters. The zero-order chi connectivity index (χ0) is 20.3. The highest BCUT2D eigenvalue weighted by Crippen LogP contribution is 2.31. The van der Waals surface area contributed by atoms with Crippen molar-refractivity contribution in [3.8, 4) is 0 Å². The molecule has 1 aromatic carbocycles. The van der Waals surface area contributed by atoms with Gasteiger partial charge in [-0.1, -0.05) is 19.1 Å². The Kier molecular flexibility index (Phi) is 6.58. The van der Waals surface area contributed by atoms with E-state index >= 15 is 0 Å². The summed E-state index contributed by atoms with van der Waals surface area (Å²) in [6.45, 7) is 6.96. The molecule has 1 amide bonds. The predicted octanol–water partition coefficient (Wildman–Crippen LogP) is 2.50. The number of hydrogen-bond donors (Lipinski definition) is 0. The number of likely N-dealkylation sites (N-methyl/N-ethyl adjacent to an activating group) is 1. The number of benzene rings is 1. The highest BCUT2D eigenvalue weighted by Gasteiger charge is 2.30. The fraction of sp³-hybridized carbons (Fsp3) is 0.571. The molecule has 154 valence electrons. The van der Waals surface area contributed by atoms with Crippen molar-refractivity contribution in [2.45, 2.75) is 38.0 Å². The largest absolute Gasteiger partial charge is 0.312 e. The molecule has 0 aromatic heterocycles. The number of piperazine rings is 1. The summed E-state index contributed by atoms with van der Waals surface area (Å²) >= 11 is 0. The lowest BCUT2D eigenvalue weighted by molar-refractivity contribution is -0.116. The Morgan fingerprint density at radius 2 is 1.82 bits per heavy atom. The van der Waals surface area contributed by atoms with Crippen LogP contribution in [0, 0.1) is 5.92 Å². The summed E-state index contributed by atoms with van der Waals surface area (Å²) in [5.41, 5.74) is 1.77. The van der Waals surface area contributed by atoms with Gasteiger partial charge in [-0.3, -0.25) is 4.79 Å². The molecular weight excluding hydrogens is 374 g/mol. The lowest BCUT2D eigenvalue weighted by Crippen LogP contribution is -2.47. The molecule has 1 aromatic rings. The summed E-state index contributed by atoms with van der Waals surface area (Å²) in [4.78, 5) is 15.7. The number of anilines is 1. The average molecular weight is 406 g/mol. The van der Waals surface area contributed by atoms with Crippen LogP contribution < -0.4 is 4.90 Å². The third kappa shape index (κ3) is 4.64. The molecule has 0 saturated carbocycles. The van der Waals surface area contributed by atoms with E-state index in [-0.39, 0.29) is 5.91 Å². The van der Waals surface area contributed by atoms with Crippen LogP contribution in [0.3, 0.4) is 0 Å². The summed E-state index contributed by atoms with van der Waals surface area (Å²) in [5.74, 6) is 0.860. The number of rotatable bonds is 2. The molecule has 28 heavy (non-hydrogen) atoms. The standard InChI is InChI=1S/C15H21N3O3S.C6H10/c1-12(19)18-6-5-13-11-14(3-4-15(13)18)22(20,21)17-9-7-16(2)8-10-17;1-6-4-2-3-5-6/h3-4,11H,5-10H2,1-2H3;2,4,6H,3,5H2,1H3/t;6-/m.0/s1. The van der Waals surface area contributed by atoms with Crippen LogP contribution >= 0.6 is 0 Å². The first kappa shape index (κ1) is 21.0. The van der Waals surface area contributed by atoms with Gasteiger partial charge in [0.05, 0.1) is 4.90 Å². The number of carbonyl (C=O) groups excluding carboxylic acids is 1. The Bertz CT molecular complexity index is 842. The minimum absolute atomic E-state index is 0.00609. The number of amides is 1. The van der Waals surface area contributed by atoms with E-state index in [0.717, 1.165) is 30.3 Å². The lowest BCUT2D eigenvalue weighted by atomic mass is 10.2. The molecule has 2 heterocycles. The maximum absolute atomic E-state index is 12.7. The lowest BCUT2D eigenvalue weighted by Gasteiger charge is -2.31. The van der Waals surface area contributed by atoms with E-state index in [9.17, 15) is 13.2 Å². The van der Waals surface area contributed by atoms with E-state index in [0.29, 0.717) is 31.0 Å². The van der Waals surface area contributed by atoms with Crippen molar-refractivity contribution in [3.05, 3.63) is 35.9 Å². The van der Waals surface area contributed by atoms with Crippen LogP contribution in [0.4, 0.5) is 5.69 Å². The highest BCUT2D eigenvalue weighted by molar-refractivity contribution is 7.89. The minimum Gasteiger partial charge on any atom is -0.312 e. The molecule has 1 saturated heterocycles. The fourth-order valence-electron chi connectivity index (χ4n) is 3.83. The SMILES string of the molecule is CC(=O)N1CCc2cc(S(=O)(=O)N3CCN(C)CC3)ccc21.C[C@H]1C=CCC1. The zero-order valence-electron chi connectivity index (χ0n) is 17.1. The van der Waals surface area contributed by atoms with Crippen molar-refractivity contribution in [2.24, 2.45) is 5.92 Å². The number of nitrogens with zero attached hydrogens (tertiary/aromatic N) is 3. The van der Waals surface area contributed by atoms with Crippen molar-refractivity contribution in [1.29, 1.82) is 0 Å². The number of sulfonamides is 1. The van der Waals surface area contributed by atoms with Crippen LogP contribution in [-0.4, -0.2) is 63.3 Å². The zero-order valence-corrected chi connectivity index (χ0v) is 17.9. The Balaban J connectivity index is 0.000000320. The topological polar surface area (TPSA) is 60.9 Å². The van der Waals surface area contributed by atoms with Gasteiger partial charge < -0.3 is 9.80 Å². The van der Waals surface area contributed by atoms with Crippen molar-refractivity contribution >= 4 is 21.6 Å². The number of allylic oxidation sites excluding steroid dienone is 2. The first-order valence-electron chi connectivity index (χ1n) is 10.1. The molecule has 0 spiro atoms. The first-order chi connectivity index (χ1) is 13.3. The average Bonchev–Trinajstić information content (AvgIpc) is 3.30. The molecule has 0 bridgehead atoms. The second-order valence-electron chi connectivity index (χ2n) is 7.90. The molecule has 3 aliphatic rings. The molecule has 0 N–H and O–H groups in total. The summed E-state index contributed by atoms with van der Waals surface area (Å²) < 4.78 is 27.0. The normalized spacial score (nSPS) is 22.7. The van der Waals surface area contributed by atoms with Crippen molar-refractivity contribution < 1.29 is 13.2 Å². The smallest absolute Gasteiger partial charge is 0.243 e. The van der Waals surface area contributed by atoms with Gasteiger partial charge in [-0.2, -0.15) is 4.31 Å². The van der Waals surface area contributed by atoms with Crippen LogP contribution in [0.25, 0.3) is 0 Å². The van der Waals surface area contributed by atoms with Gasteiger partial charge in [0.1, 0.15) is 0 Å². The predicted molar refractivity (Wildman–Crippen MR) is 112 cm³/mol. The number of fused-ring (bicyclic) bond motifs is 1. The van der Waals surface area contributed by atoms with Crippen LogP contribution in [-0.2, 0) is 21.2 Å². The summed E-state index contributed by atoms with van der Waals surface area (Å²) in [7, 11) is -1.45. The van der Waals surface area contributed by atoms with Crippen LogP contribution in [0.1, 0.15) is 32.3 Å².